The normalized spacial score (nSPS) is 13.1. The zero-order valence-corrected chi connectivity index (χ0v) is 10.5. The number of ether oxygens (including phenoxy) is 1. The first-order valence-electron chi connectivity index (χ1n) is 5.82. The van der Waals surface area contributed by atoms with Crippen LogP contribution in [0.25, 0.3) is 0 Å². The Labute approximate surface area is 94.0 Å². The van der Waals surface area contributed by atoms with Crippen LogP contribution in [0.5, 0.6) is 0 Å². The Balaban J connectivity index is 4.33. The highest BCUT2D eigenvalue weighted by Crippen LogP contribution is 2.14. The monoisotopic (exact) mass is 212 g/mol. The van der Waals surface area contributed by atoms with Crippen LogP contribution in [0.15, 0.2) is 0 Å². The Morgan fingerprint density at radius 3 is 2.33 bits per heavy atom. The smallest absolute Gasteiger partial charge is 0.0638 e. The topological polar surface area (TPSA) is 36.3 Å². The second-order valence-electron chi connectivity index (χ2n) is 3.91. The molecule has 88 valence electrons. The molecule has 0 aliphatic carbocycles. The lowest BCUT2D eigenvalue weighted by Crippen LogP contribution is -2.43. The van der Waals surface area contributed by atoms with E-state index in [0.29, 0.717) is 18.5 Å². The summed E-state index contributed by atoms with van der Waals surface area (Å²) in [6.07, 6.45) is 2.87. The first kappa shape index (κ1) is 14.4. The zero-order valence-electron chi connectivity index (χ0n) is 10.5. The summed E-state index contributed by atoms with van der Waals surface area (Å²) >= 11 is 0. The predicted molar refractivity (Wildman–Crippen MR) is 62.6 cm³/mol. The molecule has 3 nitrogen and oxygen atoms in total. The fourth-order valence-corrected chi connectivity index (χ4v) is 1.97. The zero-order chi connectivity index (χ0) is 11.7. The fraction of sp³-hybridized carbons (Fsp3) is 0.917. The molecular formula is C12H24N2O. The van der Waals surface area contributed by atoms with Crippen LogP contribution in [0, 0.1) is 11.3 Å². The van der Waals surface area contributed by atoms with Crippen LogP contribution < -0.4 is 0 Å². The van der Waals surface area contributed by atoms with E-state index in [9.17, 15) is 0 Å². The molecule has 0 bridgehead atoms. The van der Waals surface area contributed by atoms with Gasteiger partial charge in [0.05, 0.1) is 19.1 Å². The second kappa shape index (κ2) is 8.70. The lowest BCUT2D eigenvalue weighted by molar-refractivity contribution is 0.0870. The third-order valence-electron chi connectivity index (χ3n) is 2.92. The van der Waals surface area contributed by atoms with Crippen molar-refractivity contribution in [3.63, 3.8) is 0 Å². The van der Waals surface area contributed by atoms with E-state index < -0.39 is 0 Å². The molecule has 0 saturated carbocycles. The maximum absolute atomic E-state index is 8.73. The van der Waals surface area contributed by atoms with Gasteiger partial charge in [-0.05, 0) is 19.8 Å². The van der Waals surface area contributed by atoms with Gasteiger partial charge in [0.1, 0.15) is 0 Å². The van der Waals surface area contributed by atoms with Crippen LogP contribution in [0.3, 0.4) is 0 Å². The molecule has 0 amide bonds. The van der Waals surface area contributed by atoms with E-state index in [1.54, 1.807) is 7.11 Å². The summed E-state index contributed by atoms with van der Waals surface area (Å²) in [4.78, 5) is 2.40. The Hall–Kier alpha value is -0.590. The summed E-state index contributed by atoms with van der Waals surface area (Å²) in [6.45, 7) is 8.19. The number of methoxy groups -OCH3 is 1. The minimum absolute atomic E-state index is 0.329. The Morgan fingerprint density at radius 2 is 1.93 bits per heavy atom. The molecule has 0 rings (SSSR count). The van der Waals surface area contributed by atoms with Crippen LogP contribution in [0.1, 0.15) is 40.0 Å². The molecule has 1 atom stereocenters. The van der Waals surface area contributed by atoms with Gasteiger partial charge in [-0.3, -0.25) is 4.90 Å². The predicted octanol–water partition coefficient (Wildman–Crippen LogP) is 2.43. The Bertz CT molecular complexity index is 185. The Kier molecular flexibility index (Phi) is 8.35. The molecular weight excluding hydrogens is 188 g/mol. The van der Waals surface area contributed by atoms with E-state index >= 15 is 0 Å². The van der Waals surface area contributed by atoms with E-state index in [-0.39, 0.29) is 0 Å². The van der Waals surface area contributed by atoms with Crippen molar-refractivity contribution in [2.45, 2.75) is 52.1 Å². The molecule has 0 heterocycles. The highest BCUT2D eigenvalue weighted by Gasteiger charge is 2.20. The highest BCUT2D eigenvalue weighted by molar-refractivity contribution is 4.83. The third kappa shape index (κ3) is 5.15. The Morgan fingerprint density at radius 1 is 1.33 bits per heavy atom. The SMILES string of the molecule is CCC(CC)N(CCOC)C(C)CC#N. The second-order valence-corrected chi connectivity index (χ2v) is 3.91. The minimum atomic E-state index is 0.329. The fourth-order valence-electron chi connectivity index (χ4n) is 1.97. The molecule has 15 heavy (non-hydrogen) atoms. The van der Waals surface area contributed by atoms with E-state index in [0.717, 1.165) is 26.0 Å². The van der Waals surface area contributed by atoms with Crippen molar-refractivity contribution in [1.29, 1.82) is 5.26 Å². The standard InChI is InChI=1S/C12H24N2O/c1-5-12(6-2)14(9-10-15-4)11(3)7-8-13/h11-12H,5-7,9-10H2,1-4H3. The van der Waals surface area contributed by atoms with Crippen molar-refractivity contribution < 1.29 is 4.74 Å². The maximum atomic E-state index is 8.73. The molecule has 0 N–H and O–H groups in total. The summed E-state index contributed by atoms with van der Waals surface area (Å²) < 4.78 is 5.12. The van der Waals surface area contributed by atoms with Crippen molar-refractivity contribution in [2.75, 3.05) is 20.3 Å². The molecule has 3 heteroatoms. The quantitative estimate of drug-likeness (QED) is 0.620. The largest absolute Gasteiger partial charge is 0.383 e. The number of hydrogen-bond acceptors (Lipinski definition) is 3. The average molecular weight is 212 g/mol. The maximum Gasteiger partial charge on any atom is 0.0638 e. The van der Waals surface area contributed by atoms with Crippen LogP contribution in [-0.2, 0) is 4.74 Å². The first-order chi connectivity index (χ1) is 7.21. The summed E-state index contributed by atoms with van der Waals surface area (Å²) in [5.41, 5.74) is 0. The van der Waals surface area contributed by atoms with Crippen LogP contribution in [0.2, 0.25) is 0 Å². The van der Waals surface area contributed by atoms with Gasteiger partial charge in [-0.15, -0.1) is 0 Å². The minimum Gasteiger partial charge on any atom is -0.383 e. The van der Waals surface area contributed by atoms with Crippen molar-refractivity contribution in [1.82, 2.24) is 4.90 Å². The molecule has 0 fully saturated rings. The summed E-state index contributed by atoms with van der Waals surface area (Å²) in [5.74, 6) is 0. The molecule has 0 aliphatic rings. The number of rotatable bonds is 8. The van der Waals surface area contributed by atoms with Gasteiger partial charge in [0.15, 0.2) is 0 Å². The van der Waals surface area contributed by atoms with Gasteiger partial charge in [0.2, 0.25) is 0 Å². The molecule has 0 aromatic carbocycles. The van der Waals surface area contributed by atoms with Gasteiger partial charge in [0, 0.05) is 25.7 Å². The van der Waals surface area contributed by atoms with Gasteiger partial charge in [-0.25, -0.2) is 0 Å². The van der Waals surface area contributed by atoms with Gasteiger partial charge in [0.25, 0.3) is 0 Å². The van der Waals surface area contributed by atoms with Crippen molar-refractivity contribution in [2.24, 2.45) is 0 Å². The van der Waals surface area contributed by atoms with Crippen molar-refractivity contribution >= 4 is 0 Å². The van der Waals surface area contributed by atoms with Gasteiger partial charge >= 0.3 is 0 Å². The van der Waals surface area contributed by atoms with E-state index in [1.165, 1.54) is 0 Å². The molecule has 0 saturated heterocycles. The molecule has 0 spiro atoms. The average Bonchev–Trinajstić information content (AvgIpc) is 2.24. The molecule has 0 aliphatic heterocycles. The van der Waals surface area contributed by atoms with Crippen LogP contribution in [0.4, 0.5) is 0 Å². The van der Waals surface area contributed by atoms with Crippen molar-refractivity contribution in [3.8, 4) is 6.07 Å². The first-order valence-corrected chi connectivity index (χ1v) is 5.82. The highest BCUT2D eigenvalue weighted by atomic mass is 16.5. The molecule has 0 aromatic heterocycles. The summed E-state index contributed by atoms with van der Waals surface area (Å²) in [5, 5.41) is 8.73. The third-order valence-corrected chi connectivity index (χ3v) is 2.92. The van der Waals surface area contributed by atoms with Crippen molar-refractivity contribution in [3.05, 3.63) is 0 Å². The lowest BCUT2D eigenvalue weighted by atomic mass is 10.1. The summed E-state index contributed by atoms with van der Waals surface area (Å²) in [6, 6.07) is 3.15. The molecule has 1 unspecified atom stereocenters. The number of nitrogens with zero attached hydrogens (tertiary/aromatic N) is 2. The summed E-state index contributed by atoms with van der Waals surface area (Å²) in [7, 11) is 1.72. The number of hydrogen-bond donors (Lipinski definition) is 0. The molecule has 0 aromatic rings. The van der Waals surface area contributed by atoms with Gasteiger partial charge < -0.3 is 4.74 Å². The van der Waals surface area contributed by atoms with Crippen LogP contribution >= 0.6 is 0 Å². The van der Waals surface area contributed by atoms with Gasteiger partial charge in [-0.1, -0.05) is 13.8 Å². The van der Waals surface area contributed by atoms with Crippen LogP contribution in [-0.4, -0.2) is 37.2 Å². The van der Waals surface area contributed by atoms with E-state index in [2.05, 4.69) is 31.7 Å². The number of nitriles is 1. The van der Waals surface area contributed by atoms with Gasteiger partial charge in [-0.2, -0.15) is 5.26 Å². The lowest BCUT2D eigenvalue weighted by Gasteiger charge is -2.34. The van der Waals surface area contributed by atoms with E-state index in [4.69, 9.17) is 10.00 Å². The molecule has 0 radical (unpaired) electrons. The van der Waals surface area contributed by atoms with E-state index in [1.807, 2.05) is 0 Å².